The average Bonchev–Trinajstić information content (AvgIpc) is 2.80. The summed E-state index contributed by atoms with van der Waals surface area (Å²) in [6.07, 6.45) is 3.83. The van der Waals surface area contributed by atoms with Gasteiger partial charge in [0.1, 0.15) is 5.82 Å². The molecule has 1 heterocycles. The summed E-state index contributed by atoms with van der Waals surface area (Å²) in [5.41, 5.74) is 3.49. The number of para-hydroxylation sites is 1. The van der Waals surface area contributed by atoms with Gasteiger partial charge in [0.15, 0.2) is 0 Å². The molecule has 0 atom stereocenters. The molecule has 0 unspecified atom stereocenters. The molecule has 1 N–H and O–H groups in total. The normalized spacial score (nSPS) is 10.9. The fourth-order valence-corrected chi connectivity index (χ4v) is 2.31. The summed E-state index contributed by atoms with van der Waals surface area (Å²) < 4.78 is 13.1. The molecule has 0 spiro atoms. The topological polar surface area (TPSA) is 15.8 Å². The van der Waals surface area contributed by atoms with Crippen LogP contribution in [0.2, 0.25) is 0 Å². The standard InChI is InChI=1S/C16H14FN/c17-14-5-3-4-12(10-14)8-9-13-11-18-16-7-2-1-6-15(13)16/h1-7,10-11,18H,8-9H2. The Morgan fingerprint density at radius 3 is 2.72 bits per heavy atom. The second kappa shape index (κ2) is 4.65. The van der Waals surface area contributed by atoms with Gasteiger partial charge in [-0.3, -0.25) is 0 Å². The van der Waals surface area contributed by atoms with E-state index in [1.54, 1.807) is 12.1 Å². The number of aromatic amines is 1. The Labute approximate surface area is 105 Å². The Hall–Kier alpha value is -2.09. The third kappa shape index (κ3) is 2.14. The number of halogens is 1. The SMILES string of the molecule is Fc1cccc(CCc2c[nH]c3ccccc23)c1. The zero-order valence-corrected chi connectivity index (χ0v) is 9.99. The second-order valence-corrected chi connectivity index (χ2v) is 4.49. The molecular weight excluding hydrogens is 225 g/mol. The average molecular weight is 239 g/mol. The molecular formula is C16H14FN. The van der Waals surface area contributed by atoms with E-state index >= 15 is 0 Å². The van der Waals surface area contributed by atoms with E-state index < -0.39 is 0 Å². The van der Waals surface area contributed by atoms with E-state index in [9.17, 15) is 4.39 Å². The molecule has 0 fully saturated rings. The third-order valence-electron chi connectivity index (χ3n) is 3.25. The second-order valence-electron chi connectivity index (χ2n) is 4.49. The van der Waals surface area contributed by atoms with Gasteiger partial charge in [-0.2, -0.15) is 0 Å². The van der Waals surface area contributed by atoms with Gasteiger partial charge in [0.05, 0.1) is 0 Å². The lowest BCUT2D eigenvalue weighted by Gasteiger charge is -2.01. The highest BCUT2D eigenvalue weighted by molar-refractivity contribution is 5.83. The maximum Gasteiger partial charge on any atom is 0.123 e. The van der Waals surface area contributed by atoms with Crippen molar-refractivity contribution in [3.05, 3.63) is 71.7 Å². The first-order chi connectivity index (χ1) is 8.83. The van der Waals surface area contributed by atoms with Crippen LogP contribution in [-0.2, 0) is 12.8 Å². The lowest BCUT2D eigenvalue weighted by molar-refractivity contribution is 0.625. The van der Waals surface area contributed by atoms with Crippen LogP contribution in [0.3, 0.4) is 0 Å². The molecule has 18 heavy (non-hydrogen) atoms. The third-order valence-corrected chi connectivity index (χ3v) is 3.25. The van der Waals surface area contributed by atoms with Crippen LogP contribution in [0.1, 0.15) is 11.1 Å². The summed E-state index contributed by atoms with van der Waals surface area (Å²) in [6.45, 7) is 0. The first-order valence-corrected chi connectivity index (χ1v) is 6.12. The zero-order valence-electron chi connectivity index (χ0n) is 9.99. The molecule has 2 heteroatoms. The number of fused-ring (bicyclic) bond motifs is 1. The van der Waals surface area contributed by atoms with Gasteiger partial charge in [-0.25, -0.2) is 4.39 Å². The zero-order chi connectivity index (χ0) is 12.4. The molecule has 0 radical (unpaired) electrons. The molecule has 0 aliphatic heterocycles. The number of aromatic nitrogens is 1. The van der Waals surface area contributed by atoms with Gasteiger partial charge in [0.2, 0.25) is 0 Å². The van der Waals surface area contributed by atoms with Crippen molar-refractivity contribution in [2.45, 2.75) is 12.8 Å². The van der Waals surface area contributed by atoms with Crippen LogP contribution >= 0.6 is 0 Å². The number of hydrogen-bond acceptors (Lipinski definition) is 0. The van der Waals surface area contributed by atoms with E-state index in [1.165, 1.54) is 17.0 Å². The van der Waals surface area contributed by atoms with Gasteiger partial charge >= 0.3 is 0 Å². The van der Waals surface area contributed by atoms with E-state index in [0.29, 0.717) is 0 Å². The Balaban J connectivity index is 1.81. The van der Waals surface area contributed by atoms with Crippen molar-refractivity contribution < 1.29 is 4.39 Å². The summed E-state index contributed by atoms with van der Waals surface area (Å²) in [5, 5.41) is 1.26. The van der Waals surface area contributed by atoms with E-state index in [4.69, 9.17) is 0 Å². The smallest absolute Gasteiger partial charge is 0.123 e. The molecule has 0 saturated carbocycles. The van der Waals surface area contributed by atoms with Crippen molar-refractivity contribution >= 4 is 10.9 Å². The molecule has 1 nitrogen and oxygen atoms in total. The number of aryl methyl sites for hydroxylation is 2. The van der Waals surface area contributed by atoms with E-state index in [-0.39, 0.29) is 5.82 Å². The molecule has 3 rings (SSSR count). The van der Waals surface area contributed by atoms with Crippen molar-refractivity contribution in [3.8, 4) is 0 Å². The van der Waals surface area contributed by atoms with Crippen LogP contribution in [0, 0.1) is 5.82 Å². The fourth-order valence-electron chi connectivity index (χ4n) is 2.31. The molecule has 2 aromatic carbocycles. The minimum absolute atomic E-state index is 0.161. The predicted octanol–water partition coefficient (Wildman–Crippen LogP) is 4.09. The lowest BCUT2D eigenvalue weighted by atomic mass is 10.0. The van der Waals surface area contributed by atoms with Crippen molar-refractivity contribution in [1.29, 1.82) is 0 Å². The van der Waals surface area contributed by atoms with E-state index in [1.807, 2.05) is 24.4 Å². The Kier molecular flexibility index (Phi) is 2.85. The molecule has 0 amide bonds. The van der Waals surface area contributed by atoms with Gasteiger partial charge < -0.3 is 4.98 Å². The van der Waals surface area contributed by atoms with Gasteiger partial charge in [0, 0.05) is 17.1 Å². The van der Waals surface area contributed by atoms with Crippen LogP contribution in [0.4, 0.5) is 4.39 Å². The van der Waals surface area contributed by atoms with Crippen LogP contribution in [-0.4, -0.2) is 4.98 Å². The van der Waals surface area contributed by atoms with Crippen molar-refractivity contribution in [3.63, 3.8) is 0 Å². The highest BCUT2D eigenvalue weighted by atomic mass is 19.1. The van der Waals surface area contributed by atoms with Gasteiger partial charge in [-0.15, -0.1) is 0 Å². The quantitative estimate of drug-likeness (QED) is 0.708. The number of hydrogen-bond donors (Lipinski definition) is 1. The summed E-state index contributed by atoms with van der Waals surface area (Å²) in [7, 11) is 0. The summed E-state index contributed by atoms with van der Waals surface area (Å²) >= 11 is 0. The lowest BCUT2D eigenvalue weighted by Crippen LogP contribution is -1.91. The first-order valence-electron chi connectivity index (χ1n) is 6.12. The highest BCUT2D eigenvalue weighted by Crippen LogP contribution is 2.19. The maximum atomic E-state index is 13.1. The summed E-state index contributed by atoms with van der Waals surface area (Å²) in [5.74, 6) is -0.161. The Bertz CT molecular complexity index is 669. The minimum atomic E-state index is -0.161. The molecule has 0 saturated heterocycles. The summed E-state index contributed by atoms with van der Waals surface area (Å²) in [6, 6.07) is 15.1. The van der Waals surface area contributed by atoms with E-state index in [0.717, 1.165) is 23.9 Å². The number of benzene rings is 2. The molecule has 90 valence electrons. The van der Waals surface area contributed by atoms with Crippen LogP contribution in [0.15, 0.2) is 54.7 Å². The van der Waals surface area contributed by atoms with E-state index in [2.05, 4.69) is 17.1 Å². The van der Waals surface area contributed by atoms with Gasteiger partial charge in [-0.1, -0.05) is 30.3 Å². The molecule has 1 aromatic heterocycles. The number of rotatable bonds is 3. The Morgan fingerprint density at radius 2 is 1.83 bits per heavy atom. The number of nitrogens with one attached hydrogen (secondary N) is 1. The number of H-pyrrole nitrogens is 1. The largest absolute Gasteiger partial charge is 0.361 e. The van der Waals surface area contributed by atoms with Crippen molar-refractivity contribution in [2.75, 3.05) is 0 Å². The Morgan fingerprint density at radius 1 is 0.944 bits per heavy atom. The molecule has 0 bridgehead atoms. The fraction of sp³-hybridized carbons (Fsp3) is 0.125. The minimum Gasteiger partial charge on any atom is -0.361 e. The maximum absolute atomic E-state index is 13.1. The van der Waals surface area contributed by atoms with Gasteiger partial charge in [-0.05, 0) is 42.2 Å². The van der Waals surface area contributed by atoms with Crippen LogP contribution in [0.5, 0.6) is 0 Å². The van der Waals surface area contributed by atoms with Crippen LogP contribution < -0.4 is 0 Å². The monoisotopic (exact) mass is 239 g/mol. The summed E-state index contributed by atoms with van der Waals surface area (Å²) in [4.78, 5) is 3.26. The molecule has 3 aromatic rings. The van der Waals surface area contributed by atoms with Gasteiger partial charge in [0.25, 0.3) is 0 Å². The first kappa shape index (κ1) is 11.0. The molecule has 0 aliphatic carbocycles. The van der Waals surface area contributed by atoms with Crippen LogP contribution in [0.25, 0.3) is 10.9 Å². The molecule has 0 aliphatic rings. The van der Waals surface area contributed by atoms with Crippen molar-refractivity contribution in [1.82, 2.24) is 4.98 Å². The predicted molar refractivity (Wildman–Crippen MR) is 72.1 cm³/mol. The van der Waals surface area contributed by atoms with Crippen molar-refractivity contribution in [2.24, 2.45) is 0 Å². The highest BCUT2D eigenvalue weighted by Gasteiger charge is 2.03.